The first kappa shape index (κ1) is 23.1. The Kier molecular flexibility index (Phi) is 6.84. The van der Waals surface area contributed by atoms with E-state index < -0.39 is 10.0 Å². The van der Waals surface area contributed by atoms with E-state index in [2.05, 4.69) is 35.2 Å². The number of amides is 1. The molecule has 0 radical (unpaired) electrons. The van der Waals surface area contributed by atoms with Crippen molar-refractivity contribution in [2.75, 3.05) is 4.72 Å². The molecule has 1 amide bonds. The zero-order valence-electron chi connectivity index (χ0n) is 19.1. The number of hydrogen-bond donors (Lipinski definition) is 2. The van der Waals surface area contributed by atoms with Crippen LogP contribution in [-0.4, -0.2) is 14.3 Å². The van der Waals surface area contributed by atoms with Crippen molar-refractivity contribution in [1.82, 2.24) is 5.32 Å². The number of sulfonamides is 1. The fourth-order valence-electron chi connectivity index (χ4n) is 4.42. The Hall–Kier alpha value is -3.12. The maximum absolute atomic E-state index is 13.2. The molecule has 0 saturated carbocycles. The van der Waals surface area contributed by atoms with Crippen molar-refractivity contribution in [3.8, 4) is 0 Å². The second-order valence-electron chi connectivity index (χ2n) is 8.57. The van der Waals surface area contributed by atoms with Crippen LogP contribution in [-0.2, 0) is 22.9 Å². The molecular weight excluding hydrogens is 432 g/mol. The lowest BCUT2D eigenvalue weighted by atomic mass is 9.88. The fourth-order valence-corrected chi connectivity index (χ4v) is 5.57. The van der Waals surface area contributed by atoms with Crippen molar-refractivity contribution >= 4 is 21.6 Å². The van der Waals surface area contributed by atoms with E-state index in [1.165, 1.54) is 24.0 Å². The van der Waals surface area contributed by atoms with Gasteiger partial charge < -0.3 is 5.32 Å². The quantitative estimate of drug-likeness (QED) is 0.483. The Balaban J connectivity index is 1.55. The second-order valence-corrected chi connectivity index (χ2v) is 10.2. The largest absolute Gasteiger partial charge is 0.345 e. The molecule has 2 N–H and O–H groups in total. The van der Waals surface area contributed by atoms with Gasteiger partial charge in [0.15, 0.2) is 0 Å². The SMILES string of the molecule is CC[C@@H](NC(=O)c1cccc(NS(=O)(=O)c2ccccc2)c1C)c1ccc2c(c1)CCCC2. The lowest BCUT2D eigenvalue weighted by molar-refractivity contribution is 0.0935. The molecule has 3 aromatic rings. The molecule has 0 saturated heterocycles. The maximum Gasteiger partial charge on any atom is 0.261 e. The van der Waals surface area contributed by atoms with Gasteiger partial charge in [0, 0.05) is 5.56 Å². The maximum atomic E-state index is 13.2. The molecule has 5 nitrogen and oxygen atoms in total. The van der Waals surface area contributed by atoms with Gasteiger partial charge in [0.05, 0.1) is 16.6 Å². The van der Waals surface area contributed by atoms with E-state index in [0.29, 0.717) is 16.8 Å². The molecule has 1 aliphatic carbocycles. The summed E-state index contributed by atoms with van der Waals surface area (Å²) < 4.78 is 28.1. The van der Waals surface area contributed by atoms with E-state index in [-0.39, 0.29) is 16.8 Å². The molecule has 0 aliphatic heterocycles. The molecule has 1 atom stereocenters. The highest BCUT2D eigenvalue weighted by molar-refractivity contribution is 7.92. The molecule has 0 spiro atoms. The van der Waals surface area contributed by atoms with Crippen LogP contribution in [0.3, 0.4) is 0 Å². The predicted octanol–water partition coefficient (Wildman–Crippen LogP) is 5.56. The van der Waals surface area contributed by atoms with Crippen LogP contribution in [0, 0.1) is 6.92 Å². The average molecular weight is 463 g/mol. The molecule has 172 valence electrons. The normalized spacial score (nSPS) is 14.2. The zero-order chi connectivity index (χ0) is 23.4. The fraction of sp³-hybridized carbons (Fsp3) is 0.296. The van der Waals surface area contributed by atoms with Crippen LogP contribution in [0.15, 0.2) is 71.6 Å². The Labute approximate surface area is 196 Å². The van der Waals surface area contributed by atoms with Crippen molar-refractivity contribution in [2.24, 2.45) is 0 Å². The lowest BCUT2D eigenvalue weighted by Gasteiger charge is -2.22. The molecule has 0 bridgehead atoms. The summed E-state index contributed by atoms with van der Waals surface area (Å²) in [6, 6.07) is 19.8. The van der Waals surface area contributed by atoms with Gasteiger partial charge in [-0.05, 0) is 85.5 Å². The van der Waals surface area contributed by atoms with Crippen LogP contribution >= 0.6 is 0 Å². The van der Waals surface area contributed by atoms with Crippen molar-refractivity contribution in [2.45, 2.75) is 56.9 Å². The van der Waals surface area contributed by atoms with Crippen molar-refractivity contribution in [3.05, 3.63) is 94.5 Å². The predicted molar refractivity (Wildman–Crippen MR) is 132 cm³/mol. The number of rotatable bonds is 7. The van der Waals surface area contributed by atoms with Crippen molar-refractivity contribution in [3.63, 3.8) is 0 Å². The van der Waals surface area contributed by atoms with E-state index in [1.807, 2.05) is 0 Å². The number of fused-ring (bicyclic) bond motifs is 1. The number of aryl methyl sites for hydroxylation is 2. The van der Waals surface area contributed by atoms with E-state index in [9.17, 15) is 13.2 Å². The molecule has 0 heterocycles. The summed E-state index contributed by atoms with van der Waals surface area (Å²) in [5, 5.41) is 3.15. The van der Waals surface area contributed by atoms with Gasteiger partial charge >= 0.3 is 0 Å². The van der Waals surface area contributed by atoms with Gasteiger partial charge in [0.1, 0.15) is 0 Å². The molecule has 0 aromatic heterocycles. The standard InChI is InChI=1S/C27H30N2O3S/c1-3-25(22-17-16-20-10-7-8-11-21(20)18-22)28-27(30)24-14-9-15-26(19(24)2)29-33(31,32)23-12-5-4-6-13-23/h4-6,9,12-18,25,29H,3,7-8,10-11H2,1-2H3,(H,28,30)/t25-/m1/s1. The summed E-state index contributed by atoms with van der Waals surface area (Å²) in [5.41, 5.74) is 5.37. The second kappa shape index (κ2) is 9.79. The van der Waals surface area contributed by atoms with E-state index in [1.54, 1.807) is 55.5 Å². The van der Waals surface area contributed by atoms with Gasteiger partial charge in [0.25, 0.3) is 15.9 Å². The molecule has 0 unspecified atom stereocenters. The highest BCUT2D eigenvalue weighted by Gasteiger charge is 2.21. The minimum absolute atomic E-state index is 0.103. The van der Waals surface area contributed by atoms with E-state index in [4.69, 9.17) is 0 Å². The Morgan fingerprint density at radius 1 is 0.939 bits per heavy atom. The summed E-state index contributed by atoms with van der Waals surface area (Å²) in [6.45, 7) is 3.82. The number of hydrogen-bond acceptors (Lipinski definition) is 3. The minimum Gasteiger partial charge on any atom is -0.345 e. The number of carbonyl (C=O) groups is 1. The third-order valence-corrected chi connectivity index (χ3v) is 7.75. The smallest absolute Gasteiger partial charge is 0.261 e. The highest BCUT2D eigenvalue weighted by Crippen LogP contribution is 2.27. The molecule has 1 aliphatic rings. The summed E-state index contributed by atoms with van der Waals surface area (Å²) in [7, 11) is -3.74. The first-order chi connectivity index (χ1) is 15.9. The van der Waals surface area contributed by atoms with Gasteiger partial charge in [-0.3, -0.25) is 9.52 Å². The van der Waals surface area contributed by atoms with Crippen LogP contribution in [0.25, 0.3) is 0 Å². The van der Waals surface area contributed by atoms with Gasteiger partial charge in [0.2, 0.25) is 0 Å². The Morgan fingerprint density at radius 2 is 1.67 bits per heavy atom. The monoisotopic (exact) mass is 462 g/mol. The summed E-state index contributed by atoms with van der Waals surface area (Å²) in [6.07, 6.45) is 5.44. The van der Waals surface area contributed by atoms with Crippen molar-refractivity contribution < 1.29 is 13.2 Å². The molecule has 33 heavy (non-hydrogen) atoms. The van der Waals surface area contributed by atoms with Crippen LogP contribution in [0.5, 0.6) is 0 Å². The summed E-state index contributed by atoms with van der Waals surface area (Å²) in [4.78, 5) is 13.4. The van der Waals surface area contributed by atoms with Crippen LogP contribution < -0.4 is 10.0 Å². The molecule has 0 fully saturated rings. The van der Waals surface area contributed by atoms with E-state index in [0.717, 1.165) is 24.8 Å². The molecule has 6 heteroatoms. The molecule has 4 rings (SSSR count). The summed E-state index contributed by atoms with van der Waals surface area (Å²) >= 11 is 0. The van der Waals surface area contributed by atoms with Gasteiger partial charge in [-0.15, -0.1) is 0 Å². The summed E-state index contributed by atoms with van der Waals surface area (Å²) in [5.74, 6) is -0.210. The van der Waals surface area contributed by atoms with Crippen LogP contribution in [0.1, 0.15) is 64.8 Å². The first-order valence-electron chi connectivity index (χ1n) is 11.5. The lowest BCUT2D eigenvalue weighted by Crippen LogP contribution is -2.29. The van der Waals surface area contributed by atoms with Gasteiger partial charge in [-0.2, -0.15) is 0 Å². The number of anilines is 1. The van der Waals surface area contributed by atoms with Crippen molar-refractivity contribution in [1.29, 1.82) is 0 Å². The van der Waals surface area contributed by atoms with E-state index >= 15 is 0 Å². The number of benzene rings is 3. The molecule has 3 aromatic carbocycles. The van der Waals surface area contributed by atoms with Crippen LogP contribution in [0.2, 0.25) is 0 Å². The Morgan fingerprint density at radius 3 is 2.39 bits per heavy atom. The third-order valence-electron chi connectivity index (χ3n) is 6.36. The number of carbonyl (C=O) groups excluding carboxylic acids is 1. The zero-order valence-corrected chi connectivity index (χ0v) is 19.9. The molecular formula is C27H30N2O3S. The van der Waals surface area contributed by atoms with Gasteiger partial charge in [-0.1, -0.05) is 49.4 Å². The third kappa shape index (κ3) is 5.11. The Bertz CT molecular complexity index is 1250. The topological polar surface area (TPSA) is 75.3 Å². The average Bonchev–Trinajstić information content (AvgIpc) is 2.84. The van der Waals surface area contributed by atoms with Crippen LogP contribution in [0.4, 0.5) is 5.69 Å². The minimum atomic E-state index is -3.74. The first-order valence-corrected chi connectivity index (χ1v) is 13.0. The van der Waals surface area contributed by atoms with Gasteiger partial charge in [-0.25, -0.2) is 8.42 Å². The highest BCUT2D eigenvalue weighted by atomic mass is 32.2. The number of nitrogens with one attached hydrogen (secondary N) is 2.